The number of hydrogen-bond donors (Lipinski definition) is 1. The minimum Gasteiger partial charge on any atom is -0.264 e. The average molecular weight is 147 g/mol. The van der Waals surface area contributed by atoms with Crippen molar-refractivity contribution in [3.05, 3.63) is 0 Å². The van der Waals surface area contributed by atoms with Gasteiger partial charge in [-0.1, -0.05) is 25.8 Å². The molecule has 0 aliphatic carbocycles. The third-order valence-corrected chi connectivity index (χ3v) is 1.70. The van der Waals surface area contributed by atoms with Gasteiger partial charge in [0.15, 0.2) is 0 Å². The number of rotatable bonds is 5. The van der Waals surface area contributed by atoms with Gasteiger partial charge in [0, 0.05) is 6.54 Å². The lowest BCUT2D eigenvalue weighted by molar-refractivity contribution is 0.555. The van der Waals surface area contributed by atoms with Gasteiger partial charge in [-0.2, -0.15) is 0 Å². The number of nitrogens with one attached hydrogen (secondary N) is 1. The van der Waals surface area contributed by atoms with Gasteiger partial charge in [-0.25, -0.2) is 0 Å². The van der Waals surface area contributed by atoms with Crippen molar-refractivity contribution in [2.45, 2.75) is 26.7 Å². The molecule has 0 heterocycles. The monoisotopic (exact) mass is 147 g/mol. The first kappa shape index (κ1) is 9.31. The van der Waals surface area contributed by atoms with Crippen molar-refractivity contribution in [2.75, 3.05) is 12.8 Å². The van der Waals surface area contributed by atoms with Crippen LogP contribution in [0.5, 0.6) is 0 Å². The lowest BCUT2D eigenvalue weighted by atomic mass is 10.1. The molecule has 0 saturated carbocycles. The van der Waals surface area contributed by atoms with Crippen LogP contribution in [0.1, 0.15) is 26.7 Å². The van der Waals surface area contributed by atoms with Gasteiger partial charge in [0.25, 0.3) is 0 Å². The maximum atomic E-state index is 3.22. The molecule has 56 valence electrons. The second-order valence-corrected chi connectivity index (χ2v) is 3.33. The van der Waals surface area contributed by atoms with Crippen LogP contribution >= 0.6 is 11.9 Å². The Morgan fingerprint density at radius 2 is 2.11 bits per heavy atom. The largest absolute Gasteiger partial charge is 0.264 e. The first-order chi connectivity index (χ1) is 4.27. The smallest absolute Gasteiger partial charge is 0.00585 e. The van der Waals surface area contributed by atoms with Crippen LogP contribution in [0.2, 0.25) is 0 Å². The van der Waals surface area contributed by atoms with Crippen LogP contribution in [-0.4, -0.2) is 12.8 Å². The Morgan fingerprint density at radius 3 is 2.56 bits per heavy atom. The van der Waals surface area contributed by atoms with Gasteiger partial charge in [-0.15, -0.1) is 0 Å². The Morgan fingerprint density at radius 1 is 1.44 bits per heavy atom. The minimum absolute atomic E-state index is 0.855. The molecular formula is C7H17NS. The third-order valence-electron chi connectivity index (χ3n) is 1.20. The van der Waals surface area contributed by atoms with Crippen LogP contribution in [0.3, 0.4) is 0 Å². The molecule has 1 nitrogen and oxygen atoms in total. The van der Waals surface area contributed by atoms with Gasteiger partial charge < -0.3 is 0 Å². The molecule has 0 aliphatic heterocycles. The zero-order chi connectivity index (χ0) is 7.11. The van der Waals surface area contributed by atoms with Gasteiger partial charge >= 0.3 is 0 Å². The highest BCUT2D eigenvalue weighted by Crippen LogP contribution is 2.02. The summed E-state index contributed by atoms with van der Waals surface area (Å²) in [5, 5.41) is 0. The van der Waals surface area contributed by atoms with E-state index >= 15 is 0 Å². The molecule has 0 aliphatic rings. The van der Waals surface area contributed by atoms with E-state index in [-0.39, 0.29) is 0 Å². The van der Waals surface area contributed by atoms with Gasteiger partial charge in [0.2, 0.25) is 0 Å². The maximum absolute atomic E-state index is 3.22. The molecule has 0 spiro atoms. The van der Waals surface area contributed by atoms with E-state index in [1.54, 1.807) is 11.9 Å². The summed E-state index contributed by atoms with van der Waals surface area (Å²) in [6, 6.07) is 0. The van der Waals surface area contributed by atoms with Crippen molar-refractivity contribution in [3.63, 3.8) is 0 Å². The van der Waals surface area contributed by atoms with Crippen LogP contribution in [0.4, 0.5) is 0 Å². The molecule has 0 atom stereocenters. The Balaban J connectivity index is 2.75. The maximum Gasteiger partial charge on any atom is 0.00585 e. The zero-order valence-electron chi connectivity index (χ0n) is 6.61. The van der Waals surface area contributed by atoms with Gasteiger partial charge in [0.1, 0.15) is 0 Å². The standard InChI is InChI=1S/C7H17NS/c1-7(2)5-4-6-8-9-3/h7-8H,4-6H2,1-3H3. The Bertz CT molecular complexity index is 54.9. The molecule has 0 saturated heterocycles. The number of hydrogen-bond acceptors (Lipinski definition) is 2. The SMILES string of the molecule is CSNCCCC(C)C. The lowest BCUT2D eigenvalue weighted by Gasteiger charge is -2.02. The molecule has 0 amide bonds. The highest BCUT2D eigenvalue weighted by Gasteiger charge is 1.91. The van der Waals surface area contributed by atoms with Crippen LogP contribution in [-0.2, 0) is 0 Å². The molecule has 9 heavy (non-hydrogen) atoms. The average Bonchev–Trinajstić information content (AvgIpc) is 1.80. The van der Waals surface area contributed by atoms with Crippen molar-refractivity contribution in [3.8, 4) is 0 Å². The first-order valence-electron chi connectivity index (χ1n) is 3.53. The summed E-state index contributed by atoms with van der Waals surface area (Å²) >= 11 is 1.70. The second-order valence-electron chi connectivity index (χ2n) is 2.63. The third kappa shape index (κ3) is 8.31. The van der Waals surface area contributed by atoms with Crippen molar-refractivity contribution in [1.82, 2.24) is 4.72 Å². The molecular weight excluding hydrogens is 130 g/mol. The molecule has 0 aromatic carbocycles. The van der Waals surface area contributed by atoms with Crippen molar-refractivity contribution in [2.24, 2.45) is 5.92 Å². The van der Waals surface area contributed by atoms with E-state index in [9.17, 15) is 0 Å². The van der Waals surface area contributed by atoms with E-state index in [2.05, 4.69) is 24.8 Å². The van der Waals surface area contributed by atoms with Crippen LogP contribution in [0, 0.1) is 5.92 Å². The van der Waals surface area contributed by atoms with Crippen molar-refractivity contribution in [1.29, 1.82) is 0 Å². The Labute approximate surface area is 62.7 Å². The van der Waals surface area contributed by atoms with E-state index in [0.717, 1.165) is 12.5 Å². The van der Waals surface area contributed by atoms with E-state index in [0.29, 0.717) is 0 Å². The molecule has 0 rings (SSSR count). The van der Waals surface area contributed by atoms with Gasteiger partial charge in [-0.05, 0) is 25.0 Å². The normalized spacial score (nSPS) is 10.7. The highest BCUT2D eigenvalue weighted by molar-refractivity contribution is 7.96. The van der Waals surface area contributed by atoms with Crippen LogP contribution < -0.4 is 4.72 Å². The fourth-order valence-electron chi connectivity index (χ4n) is 0.685. The molecule has 0 aromatic heterocycles. The van der Waals surface area contributed by atoms with Gasteiger partial charge in [-0.3, -0.25) is 4.72 Å². The molecule has 0 aromatic rings. The summed E-state index contributed by atoms with van der Waals surface area (Å²) in [5.74, 6) is 0.855. The second kappa shape index (κ2) is 6.43. The fourth-order valence-corrected chi connectivity index (χ4v) is 1.03. The molecule has 0 radical (unpaired) electrons. The van der Waals surface area contributed by atoms with E-state index in [1.165, 1.54) is 12.8 Å². The van der Waals surface area contributed by atoms with E-state index in [1.807, 2.05) is 0 Å². The summed E-state index contributed by atoms with van der Waals surface area (Å²) in [4.78, 5) is 0. The summed E-state index contributed by atoms with van der Waals surface area (Å²) in [5.41, 5.74) is 0. The minimum atomic E-state index is 0.855. The topological polar surface area (TPSA) is 12.0 Å². The van der Waals surface area contributed by atoms with Gasteiger partial charge in [0.05, 0.1) is 0 Å². The summed E-state index contributed by atoms with van der Waals surface area (Å²) in [7, 11) is 0. The Hall–Kier alpha value is 0.310. The predicted octanol–water partition coefficient (Wildman–Crippen LogP) is 2.29. The van der Waals surface area contributed by atoms with Crippen LogP contribution in [0.25, 0.3) is 0 Å². The molecule has 0 unspecified atom stereocenters. The molecule has 1 N–H and O–H groups in total. The lowest BCUT2D eigenvalue weighted by Crippen LogP contribution is -2.05. The van der Waals surface area contributed by atoms with Crippen LogP contribution in [0.15, 0.2) is 0 Å². The van der Waals surface area contributed by atoms with Crippen molar-refractivity contribution < 1.29 is 0 Å². The van der Waals surface area contributed by atoms with E-state index in [4.69, 9.17) is 0 Å². The summed E-state index contributed by atoms with van der Waals surface area (Å²) < 4.78 is 3.22. The highest BCUT2D eigenvalue weighted by atomic mass is 32.2. The predicted molar refractivity (Wildman–Crippen MR) is 45.6 cm³/mol. The van der Waals surface area contributed by atoms with E-state index < -0.39 is 0 Å². The Kier molecular flexibility index (Phi) is 6.65. The van der Waals surface area contributed by atoms with Crippen molar-refractivity contribution >= 4 is 11.9 Å². The summed E-state index contributed by atoms with van der Waals surface area (Å²) in [6.45, 7) is 5.68. The molecule has 2 heteroatoms. The molecule has 0 fully saturated rings. The molecule has 0 bridgehead atoms. The first-order valence-corrected chi connectivity index (χ1v) is 4.75. The summed E-state index contributed by atoms with van der Waals surface area (Å²) in [6.07, 6.45) is 4.71. The fraction of sp³-hybridized carbons (Fsp3) is 1.00. The zero-order valence-corrected chi connectivity index (χ0v) is 7.42. The quantitative estimate of drug-likeness (QED) is 0.473.